The monoisotopic (exact) mass is 370 g/mol. The number of aryl methyl sites for hydroxylation is 1. The highest BCUT2D eigenvalue weighted by atomic mass is 16.5. The van der Waals surface area contributed by atoms with Gasteiger partial charge in [-0.15, -0.1) is 0 Å². The molecular formula is C21H26N2O4. The predicted octanol–water partition coefficient (Wildman–Crippen LogP) is 3.90. The first-order chi connectivity index (χ1) is 13.0. The molecule has 0 radical (unpaired) electrons. The molecule has 0 spiro atoms. The SMILES string of the molecule is CCc1c(C(=O)Nc2cccc(OCC3CCCO3)c2)[nH]c(C)c1C(C)=O. The van der Waals surface area contributed by atoms with Crippen LogP contribution in [0.4, 0.5) is 5.69 Å². The Kier molecular flexibility index (Phi) is 5.96. The quantitative estimate of drug-likeness (QED) is 0.725. The summed E-state index contributed by atoms with van der Waals surface area (Å²) in [6.45, 7) is 6.57. The molecule has 6 heteroatoms. The van der Waals surface area contributed by atoms with Crippen LogP contribution in [0.1, 0.15) is 58.8 Å². The van der Waals surface area contributed by atoms with E-state index in [1.165, 1.54) is 6.92 Å². The van der Waals surface area contributed by atoms with Crippen LogP contribution in [0.15, 0.2) is 24.3 Å². The van der Waals surface area contributed by atoms with Gasteiger partial charge in [0.2, 0.25) is 0 Å². The van der Waals surface area contributed by atoms with Crippen molar-refractivity contribution in [2.45, 2.75) is 46.1 Å². The number of hydrogen-bond acceptors (Lipinski definition) is 4. The van der Waals surface area contributed by atoms with Crippen molar-refractivity contribution in [3.05, 3.63) is 46.8 Å². The molecule has 1 aromatic heterocycles. The lowest BCUT2D eigenvalue weighted by molar-refractivity contribution is 0.0679. The van der Waals surface area contributed by atoms with E-state index in [9.17, 15) is 9.59 Å². The van der Waals surface area contributed by atoms with Crippen molar-refractivity contribution in [3.63, 3.8) is 0 Å². The van der Waals surface area contributed by atoms with Crippen LogP contribution in [0.3, 0.4) is 0 Å². The number of ether oxygens (including phenoxy) is 2. The molecule has 27 heavy (non-hydrogen) atoms. The van der Waals surface area contributed by atoms with E-state index < -0.39 is 0 Å². The zero-order valence-corrected chi connectivity index (χ0v) is 16.1. The van der Waals surface area contributed by atoms with Crippen LogP contribution in [0.25, 0.3) is 0 Å². The van der Waals surface area contributed by atoms with Gasteiger partial charge in [-0.2, -0.15) is 0 Å². The Morgan fingerprint density at radius 2 is 2.19 bits per heavy atom. The summed E-state index contributed by atoms with van der Waals surface area (Å²) in [7, 11) is 0. The predicted molar refractivity (Wildman–Crippen MR) is 104 cm³/mol. The summed E-state index contributed by atoms with van der Waals surface area (Å²) in [4.78, 5) is 27.7. The minimum absolute atomic E-state index is 0.0378. The van der Waals surface area contributed by atoms with Crippen LogP contribution < -0.4 is 10.1 Å². The zero-order chi connectivity index (χ0) is 19.4. The third-order valence-electron chi connectivity index (χ3n) is 4.78. The number of amides is 1. The van der Waals surface area contributed by atoms with Gasteiger partial charge in [0.05, 0.1) is 6.10 Å². The lowest BCUT2D eigenvalue weighted by Gasteiger charge is -2.12. The number of aromatic nitrogens is 1. The molecule has 0 bridgehead atoms. The fourth-order valence-corrected chi connectivity index (χ4v) is 3.52. The number of ketones is 1. The maximum absolute atomic E-state index is 12.7. The van der Waals surface area contributed by atoms with Crippen LogP contribution in [-0.4, -0.2) is 36.0 Å². The van der Waals surface area contributed by atoms with Gasteiger partial charge in [0.25, 0.3) is 5.91 Å². The fraction of sp³-hybridized carbons (Fsp3) is 0.429. The average Bonchev–Trinajstić information content (AvgIpc) is 3.27. The van der Waals surface area contributed by atoms with Gasteiger partial charge in [0.15, 0.2) is 5.78 Å². The summed E-state index contributed by atoms with van der Waals surface area (Å²) in [6.07, 6.45) is 2.83. The smallest absolute Gasteiger partial charge is 0.272 e. The van der Waals surface area contributed by atoms with Gasteiger partial charge in [0, 0.05) is 29.6 Å². The molecule has 144 valence electrons. The second kappa shape index (κ2) is 8.39. The number of carbonyl (C=O) groups is 2. The van der Waals surface area contributed by atoms with E-state index in [0.717, 1.165) is 30.7 Å². The second-order valence-electron chi connectivity index (χ2n) is 6.82. The first-order valence-corrected chi connectivity index (χ1v) is 9.37. The van der Waals surface area contributed by atoms with Gasteiger partial charge in [-0.05, 0) is 50.8 Å². The largest absolute Gasteiger partial charge is 0.491 e. The molecule has 6 nitrogen and oxygen atoms in total. The molecule has 1 amide bonds. The van der Waals surface area contributed by atoms with E-state index >= 15 is 0 Å². The standard InChI is InChI=1S/C21H26N2O4/c1-4-18-19(14(3)24)13(2)22-20(18)21(25)23-15-7-5-8-16(11-15)27-12-17-9-6-10-26-17/h5,7-8,11,17,22H,4,6,9-10,12H2,1-3H3,(H,23,25). The number of Topliss-reactive ketones (excluding diaryl/α,β-unsaturated/α-hetero) is 1. The van der Waals surface area contributed by atoms with Gasteiger partial charge < -0.3 is 19.8 Å². The minimum Gasteiger partial charge on any atom is -0.491 e. The number of rotatable bonds is 7. The maximum atomic E-state index is 12.7. The Bertz CT molecular complexity index is 835. The fourth-order valence-electron chi connectivity index (χ4n) is 3.52. The third kappa shape index (κ3) is 4.39. The molecule has 2 aromatic rings. The van der Waals surface area contributed by atoms with Crippen molar-refractivity contribution in [3.8, 4) is 5.75 Å². The molecule has 1 unspecified atom stereocenters. The number of H-pyrrole nitrogens is 1. The summed E-state index contributed by atoms with van der Waals surface area (Å²) in [5, 5.41) is 2.89. The number of anilines is 1. The van der Waals surface area contributed by atoms with Gasteiger partial charge in [-0.3, -0.25) is 9.59 Å². The Hall–Kier alpha value is -2.60. The molecule has 2 heterocycles. The molecular weight excluding hydrogens is 344 g/mol. The molecule has 1 atom stereocenters. The van der Waals surface area contributed by atoms with Crippen molar-refractivity contribution in [2.75, 3.05) is 18.5 Å². The Morgan fingerprint density at radius 3 is 2.85 bits per heavy atom. The van der Waals surface area contributed by atoms with Crippen LogP contribution in [0.5, 0.6) is 5.75 Å². The molecule has 1 aliphatic heterocycles. The van der Waals surface area contributed by atoms with Crippen LogP contribution in [-0.2, 0) is 11.2 Å². The normalized spacial score (nSPS) is 16.3. The van der Waals surface area contributed by atoms with Crippen molar-refractivity contribution in [1.82, 2.24) is 4.98 Å². The van der Waals surface area contributed by atoms with Gasteiger partial charge in [-0.1, -0.05) is 13.0 Å². The highest BCUT2D eigenvalue weighted by molar-refractivity contribution is 6.07. The zero-order valence-electron chi connectivity index (χ0n) is 16.1. The topological polar surface area (TPSA) is 80.4 Å². The molecule has 1 saturated heterocycles. The first-order valence-electron chi connectivity index (χ1n) is 9.37. The highest BCUT2D eigenvalue weighted by Crippen LogP contribution is 2.23. The Balaban J connectivity index is 1.71. The number of hydrogen-bond donors (Lipinski definition) is 2. The Morgan fingerprint density at radius 1 is 1.37 bits per heavy atom. The molecule has 3 rings (SSSR count). The third-order valence-corrected chi connectivity index (χ3v) is 4.78. The summed E-state index contributed by atoms with van der Waals surface area (Å²) in [5.74, 6) is 0.383. The summed E-state index contributed by atoms with van der Waals surface area (Å²) >= 11 is 0. The summed E-state index contributed by atoms with van der Waals surface area (Å²) in [6, 6.07) is 7.29. The maximum Gasteiger partial charge on any atom is 0.272 e. The van der Waals surface area contributed by atoms with Crippen molar-refractivity contribution in [1.29, 1.82) is 0 Å². The van der Waals surface area contributed by atoms with Crippen molar-refractivity contribution >= 4 is 17.4 Å². The van der Waals surface area contributed by atoms with E-state index in [0.29, 0.717) is 35.7 Å². The number of carbonyl (C=O) groups excluding carboxylic acids is 2. The van der Waals surface area contributed by atoms with Gasteiger partial charge >= 0.3 is 0 Å². The van der Waals surface area contributed by atoms with Crippen LogP contribution >= 0.6 is 0 Å². The van der Waals surface area contributed by atoms with E-state index in [4.69, 9.17) is 9.47 Å². The Labute approximate surface area is 159 Å². The van der Waals surface area contributed by atoms with E-state index in [2.05, 4.69) is 10.3 Å². The summed E-state index contributed by atoms with van der Waals surface area (Å²) < 4.78 is 11.3. The van der Waals surface area contributed by atoms with Crippen LogP contribution in [0.2, 0.25) is 0 Å². The first kappa shape index (κ1) is 19.2. The molecule has 1 aromatic carbocycles. The van der Waals surface area contributed by atoms with Gasteiger partial charge in [-0.25, -0.2) is 0 Å². The highest BCUT2D eigenvalue weighted by Gasteiger charge is 2.22. The minimum atomic E-state index is -0.265. The molecule has 0 aliphatic carbocycles. The molecule has 1 fully saturated rings. The van der Waals surface area contributed by atoms with Gasteiger partial charge in [0.1, 0.15) is 18.1 Å². The number of nitrogens with one attached hydrogen (secondary N) is 2. The van der Waals surface area contributed by atoms with Crippen molar-refractivity contribution in [2.24, 2.45) is 0 Å². The average molecular weight is 370 g/mol. The van der Waals surface area contributed by atoms with E-state index in [-0.39, 0.29) is 17.8 Å². The van der Waals surface area contributed by atoms with Crippen molar-refractivity contribution < 1.29 is 19.1 Å². The van der Waals surface area contributed by atoms with E-state index in [1.807, 2.05) is 32.0 Å². The lowest BCUT2D eigenvalue weighted by atomic mass is 10.0. The van der Waals surface area contributed by atoms with Crippen LogP contribution in [0, 0.1) is 6.92 Å². The summed E-state index contributed by atoms with van der Waals surface area (Å²) in [5.41, 5.74) is 3.16. The number of aromatic amines is 1. The van der Waals surface area contributed by atoms with E-state index in [1.54, 1.807) is 6.07 Å². The lowest BCUT2D eigenvalue weighted by Crippen LogP contribution is -2.17. The molecule has 0 saturated carbocycles. The number of benzene rings is 1. The molecule has 1 aliphatic rings. The second-order valence-corrected chi connectivity index (χ2v) is 6.82. The molecule has 2 N–H and O–H groups in total.